The summed E-state index contributed by atoms with van der Waals surface area (Å²) in [5.74, 6) is 1.38. The molecular formula is C13H10BrClN2OS. The third-order valence-corrected chi connectivity index (χ3v) is 4.51. The van der Waals surface area contributed by atoms with Crippen molar-refractivity contribution in [1.82, 2.24) is 9.38 Å². The first-order valence-electron chi connectivity index (χ1n) is 5.63. The van der Waals surface area contributed by atoms with Crippen LogP contribution in [-0.4, -0.2) is 9.38 Å². The number of aromatic nitrogens is 2. The Balaban J connectivity index is 2.00. The van der Waals surface area contributed by atoms with E-state index in [1.807, 2.05) is 41.1 Å². The van der Waals surface area contributed by atoms with Crippen molar-refractivity contribution in [2.75, 3.05) is 0 Å². The molecule has 0 aliphatic heterocycles. The fraction of sp³-hybridized carbons (Fsp3) is 0.154. The van der Waals surface area contributed by atoms with Crippen molar-refractivity contribution in [3.63, 3.8) is 0 Å². The molecule has 0 radical (unpaired) electrons. The number of halogens is 2. The number of alkyl halides is 1. The van der Waals surface area contributed by atoms with Gasteiger partial charge in [-0.05, 0) is 30.7 Å². The highest BCUT2D eigenvalue weighted by molar-refractivity contribution is 9.08. The van der Waals surface area contributed by atoms with Crippen LogP contribution in [0, 0.1) is 6.92 Å². The van der Waals surface area contributed by atoms with E-state index in [0.29, 0.717) is 11.2 Å². The van der Waals surface area contributed by atoms with Gasteiger partial charge in [0.25, 0.3) is 0 Å². The molecule has 3 nitrogen and oxygen atoms in total. The fourth-order valence-electron chi connectivity index (χ4n) is 1.81. The van der Waals surface area contributed by atoms with Crippen molar-refractivity contribution in [1.29, 1.82) is 0 Å². The molecule has 3 aromatic rings. The predicted molar refractivity (Wildman–Crippen MR) is 82.0 cm³/mol. The minimum Gasteiger partial charge on any atom is -0.437 e. The molecule has 1 aromatic carbocycles. The summed E-state index contributed by atoms with van der Waals surface area (Å²) in [5, 5.41) is 3.43. The van der Waals surface area contributed by atoms with E-state index in [4.69, 9.17) is 16.3 Å². The molecule has 6 heteroatoms. The van der Waals surface area contributed by atoms with Crippen LogP contribution in [0.25, 0.3) is 4.96 Å². The Labute approximate surface area is 127 Å². The Morgan fingerprint density at radius 3 is 3.05 bits per heavy atom. The van der Waals surface area contributed by atoms with Gasteiger partial charge in [0, 0.05) is 21.9 Å². The van der Waals surface area contributed by atoms with E-state index in [-0.39, 0.29) is 0 Å². The van der Waals surface area contributed by atoms with Gasteiger partial charge in [0.05, 0.1) is 5.69 Å². The lowest BCUT2D eigenvalue weighted by molar-refractivity contribution is 0.461. The van der Waals surface area contributed by atoms with E-state index >= 15 is 0 Å². The van der Waals surface area contributed by atoms with E-state index in [0.717, 1.165) is 27.0 Å². The first-order valence-corrected chi connectivity index (χ1v) is 8.01. The standard InChI is InChI=1S/C13H10BrClN2OS/c1-8-6-9(2-3-10(8)15)18-12-11(7-14)17-4-5-19-13(17)16-12/h2-6H,7H2,1H3. The summed E-state index contributed by atoms with van der Waals surface area (Å²) in [6, 6.07) is 5.59. The van der Waals surface area contributed by atoms with Crippen molar-refractivity contribution < 1.29 is 4.74 Å². The molecular weight excluding hydrogens is 348 g/mol. The van der Waals surface area contributed by atoms with Crippen molar-refractivity contribution >= 4 is 43.8 Å². The van der Waals surface area contributed by atoms with Gasteiger partial charge in [-0.3, -0.25) is 4.40 Å². The minimum absolute atomic E-state index is 0.630. The smallest absolute Gasteiger partial charge is 0.243 e. The number of hydrogen-bond donors (Lipinski definition) is 0. The maximum absolute atomic E-state index is 6.01. The molecule has 3 rings (SSSR count). The Kier molecular flexibility index (Phi) is 3.52. The molecule has 0 fully saturated rings. The molecule has 0 aliphatic carbocycles. The second-order valence-corrected chi connectivity index (χ2v) is 5.91. The van der Waals surface area contributed by atoms with Gasteiger partial charge >= 0.3 is 0 Å². The summed E-state index contributed by atoms with van der Waals surface area (Å²) in [4.78, 5) is 5.41. The normalized spacial score (nSPS) is 11.1. The zero-order valence-corrected chi connectivity index (χ0v) is 13.2. The predicted octanol–water partition coefficient (Wildman–Crippen LogP) is 5.04. The number of thiazole rings is 1. The summed E-state index contributed by atoms with van der Waals surface area (Å²) in [5.41, 5.74) is 1.99. The van der Waals surface area contributed by atoms with Crippen LogP contribution in [0.15, 0.2) is 29.8 Å². The lowest BCUT2D eigenvalue weighted by atomic mass is 10.2. The second-order valence-electron chi connectivity index (χ2n) is 4.07. The van der Waals surface area contributed by atoms with Crippen molar-refractivity contribution in [2.24, 2.45) is 0 Å². The molecule has 0 saturated carbocycles. The summed E-state index contributed by atoms with van der Waals surface area (Å²) < 4.78 is 7.89. The number of fused-ring (bicyclic) bond motifs is 1. The van der Waals surface area contributed by atoms with Crippen LogP contribution in [0.2, 0.25) is 5.02 Å². The largest absolute Gasteiger partial charge is 0.437 e. The number of ether oxygens (including phenoxy) is 1. The third kappa shape index (κ3) is 2.38. The Morgan fingerprint density at radius 2 is 2.32 bits per heavy atom. The topological polar surface area (TPSA) is 26.5 Å². The minimum atomic E-state index is 0.630. The van der Waals surface area contributed by atoms with E-state index < -0.39 is 0 Å². The summed E-state index contributed by atoms with van der Waals surface area (Å²) in [7, 11) is 0. The van der Waals surface area contributed by atoms with Gasteiger partial charge in [0.15, 0.2) is 4.96 Å². The SMILES string of the molecule is Cc1cc(Oc2nc3sccn3c2CBr)ccc1Cl. The van der Waals surface area contributed by atoms with Gasteiger partial charge in [0.2, 0.25) is 5.88 Å². The maximum atomic E-state index is 6.01. The zero-order valence-electron chi connectivity index (χ0n) is 10.1. The molecule has 0 N–H and O–H groups in total. The van der Waals surface area contributed by atoms with E-state index in [2.05, 4.69) is 20.9 Å². The van der Waals surface area contributed by atoms with Crippen LogP contribution in [0.1, 0.15) is 11.3 Å². The average Bonchev–Trinajstić information content (AvgIpc) is 2.94. The third-order valence-electron chi connectivity index (χ3n) is 2.79. The zero-order chi connectivity index (χ0) is 13.4. The molecule has 0 bridgehead atoms. The van der Waals surface area contributed by atoms with E-state index in [1.165, 1.54) is 0 Å². The number of benzene rings is 1. The van der Waals surface area contributed by atoms with E-state index in [1.54, 1.807) is 11.3 Å². The van der Waals surface area contributed by atoms with Crippen molar-refractivity contribution in [3.8, 4) is 11.6 Å². The van der Waals surface area contributed by atoms with Gasteiger partial charge in [-0.15, -0.1) is 11.3 Å². The monoisotopic (exact) mass is 356 g/mol. The molecule has 2 aromatic heterocycles. The van der Waals surface area contributed by atoms with Gasteiger partial charge in [-0.25, -0.2) is 0 Å². The highest BCUT2D eigenvalue weighted by Crippen LogP contribution is 2.30. The second kappa shape index (κ2) is 5.15. The summed E-state index contributed by atoms with van der Waals surface area (Å²) in [6.07, 6.45) is 1.99. The van der Waals surface area contributed by atoms with Gasteiger partial charge in [0.1, 0.15) is 5.75 Å². The lowest BCUT2D eigenvalue weighted by Crippen LogP contribution is -1.91. The molecule has 0 atom stereocenters. The van der Waals surface area contributed by atoms with Crippen LogP contribution < -0.4 is 4.74 Å². The van der Waals surface area contributed by atoms with Crippen molar-refractivity contribution in [2.45, 2.75) is 12.3 Å². The van der Waals surface area contributed by atoms with Gasteiger partial charge < -0.3 is 4.74 Å². The molecule has 0 spiro atoms. The number of hydrogen-bond acceptors (Lipinski definition) is 3. The van der Waals surface area contributed by atoms with Crippen molar-refractivity contribution in [3.05, 3.63) is 46.1 Å². The highest BCUT2D eigenvalue weighted by Gasteiger charge is 2.14. The molecule has 0 aliphatic rings. The number of aryl methyl sites for hydroxylation is 1. The quantitative estimate of drug-likeness (QED) is 0.614. The van der Waals surface area contributed by atoms with Crippen LogP contribution in [-0.2, 0) is 5.33 Å². The van der Waals surface area contributed by atoms with Crippen LogP contribution in [0.4, 0.5) is 0 Å². The number of rotatable bonds is 3. The van der Waals surface area contributed by atoms with Crippen LogP contribution >= 0.6 is 38.9 Å². The first-order chi connectivity index (χ1) is 9.19. The average molecular weight is 358 g/mol. The summed E-state index contributed by atoms with van der Waals surface area (Å²) in [6.45, 7) is 1.95. The molecule has 98 valence electrons. The highest BCUT2D eigenvalue weighted by atomic mass is 79.9. The Bertz CT molecular complexity index is 737. The molecule has 19 heavy (non-hydrogen) atoms. The Morgan fingerprint density at radius 1 is 1.47 bits per heavy atom. The fourth-order valence-corrected chi connectivity index (χ4v) is 3.16. The summed E-state index contributed by atoms with van der Waals surface area (Å²) >= 11 is 11.1. The molecule has 0 unspecified atom stereocenters. The number of imidazole rings is 1. The van der Waals surface area contributed by atoms with E-state index in [9.17, 15) is 0 Å². The molecule has 2 heterocycles. The lowest BCUT2D eigenvalue weighted by Gasteiger charge is -2.06. The number of nitrogens with zero attached hydrogens (tertiary/aromatic N) is 2. The van der Waals surface area contributed by atoms with Gasteiger partial charge in [-0.2, -0.15) is 4.98 Å². The van der Waals surface area contributed by atoms with Gasteiger partial charge in [-0.1, -0.05) is 27.5 Å². The molecule has 0 saturated heterocycles. The Hall–Kier alpha value is -1.04. The molecule has 0 amide bonds. The van der Waals surface area contributed by atoms with Crippen LogP contribution in [0.5, 0.6) is 11.6 Å². The maximum Gasteiger partial charge on any atom is 0.243 e. The first kappa shape index (κ1) is 13.0. The van der Waals surface area contributed by atoms with Crippen LogP contribution in [0.3, 0.4) is 0 Å².